The van der Waals surface area contributed by atoms with Gasteiger partial charge in [-0.15, -0.1) is 0 Å². The zero-order valence-electron chi connectivity index (χ0n) is 18.4. The third-order valence-corrected chi connectivity index (χ3v) is 5.31. The van der Waals surface area contributed by atoms with E-state index in [1.807, 2.05) is 38.1 Å². The molecule has 0 aliphatic rings. The van der Waals surface area contributed by atoms with Gasteiger partial charge in [0.1, 0.15) is 0 Å². The number of nitrogens with zero attached hydrogens (tertiary/aromatic N) is 4. The van der Waals surface area contributed by atoms with E-state index in [-0.39, 0.29) is 30.5 Å². The highest BCUT2D eigenvalue weighted by Crippen LogP contribution is 2.29. The van der Waals surface area contributed by atoms with Crippen LogP contribution in [-0.2, 0) is 0 Å². The van der Waals surface area contributed by atoms with Gasteiger partial charge in [0.2, 0.25) is 5.62 Å². The summed E-state index contributed by atoms with van der Waals surface area (Å²) in [5.41, 5.74) is 4.13. The summed E-state index contributed by atoms with van der Waals surface area (Å²) in [6.07, 6.45) is 0. The smallest absolute Gasteiger partial charge is 0.228 e. The first-order chi connectivity index (χ1) is 14.2. The Balaban J connectivity index is 2.34. The van der Waals surface area contributed by atoms with Crippen LogP contribution in [-0.4, -0.2) is 37.5 Å². The topological polar surface area (TPSA) is 91.1 Å². The number of H-pyrrole nitrogens is 1. The first kappa shape index (κ1) is 22.3. The molecule has 0 saturated carbocycles. The van der Waals surface area contributed by atoms with Crippen LogP contribution in [0.25, 0.3) is 11.0 Å². The molecular weight excluding hydrogens is 400 g/mol. The van der Waals surface area contributed by atoms with E-state index < -0.39 is 0 Å². The van der Waals surface area contributed by atoms with Gasteiger partial charge in [-0.2, -0.15) is 10.1 Å². The van der Waals surface area contributed by atoms with E-state index in [0.29, 0.717) is 16.5 Å². The number of hydrogen-bond donors (Lipinski definition) is 3. The van der Waals surface area contributed by atoms with Crippen LogP contribution in [0.3, 0.4) is 0 Å². The number of benzene rings is 1. The predicted molar refractivity (Wildman–Crippen MR) is 122 cm³/mol. The molecule has 3 rings (SSSR count). The highest BCUT2D eigenvalue weighted by molar-refractivity contribution is 6.30. The number of hydrogen-bond acceptors (Lipinski definition) is 5. The van der Waals surface area contributed by atoms with E-state index in [1.54, 1.807) is 0 Å². The van der Waals surface area contributed by atoms with Crippen molar-refractivity contribution in [1.82, 2.24) is 19.7 Å². The fraction of sp³-hybridized carbons (Fsp3) is 0.500. The second-order valence-electron chi connectivity index (χ2n) is 8.47. The molecule has 0 radical (unpaired) electrons. The molecule has 1 unspecified atom stereocenters. The Kier molecular flexibility index (Phi) is 6.83. The molecule has 1 aromatic carbocycles. The molecule has 0 saturated heterocycles. The lowest BCUT2D eigenvalue weighted by Gasteiger charge is -2.19. The van der Waals surface area contributed by atoms with Gasteiger partial charge < -0.3 is 15.0 Å². The molecule has 7 nitrogen and oxygen atoms in total. The average Bonchev–Trinajstić information content (AvgIpc) is 3.10. The van der Waals surface area contributed by atoms with Crippen LogP contribution < -0.4 is 10.9 Å². The molecule has 0 amide bonds. The van der Waals surface area contributed by atoms with Crippen molar-refractivity contribution in [2.24, 2.45) is 10.9 Å². The van der Waals surface area contributed by atoms with Crippen molar-refractivity contribution in [2.75, 3.05) is 11.9 Å². The molecule has 3 aromatic rings. The molecule has 2 heterocycles. The lowest BCUT2D eigenvalue weighted by molar-refractivity contribution is 0.235. The van der Waals surface area contributed by atoms with Gasteiger partial charge in [0.15, 0.2) is 11.3 Å². The van der Waals surface area contributed by atoms with Crippen LogP contribution in [0, 0.1) is 5.92 Å². The van der Waals surface area contributed by atoms with Crippen molar-refractivity contribution in [3.8, 4) is 0 Å². The SMILES string of the molecule is CC(C)c1[nH]nc2c(Nc3cccc(Cl)c3)nc(=NC(CO)C(C)C)n(C(C)C)c12. The second kappa shape index (κ2) is 9.18. The van der Waals surface area contributed by atoms with Crippen molar-refractivity contribution in [1.29, 1.82) is 0 Å². The third kappa shape index (κ3) is 4.52. The van der Waals surface area contributed by atoms with Crippen LogP contribution in [0.5, 0.6) is 0 Å². The molecule has 0 fully saturated rings. The van der Waals surface area contributed by atoms with Gasteiger partial charge in [0.05, 0.1) is 23.9 Å². The second-order valence-corrected chi connectivity index (χ2v) is 8.91. The lowest BCUT2D eigenvalue weighted by atomic mass is 10.1. The standard InChI is InChI=1S/C22H31ClN6O/c1-12(2)17(11-30)25-22-26-21(24-16-9-7-8-15(23)10-16)19-20(29(22)14(5)6)18(13(3)4)27-28-19/h7-10,12-14,17,30H,11H2,1-6H3,(H,27,28)(H,24,25,26). The van der Waals surface area contributed by atoms with Gasteiger partial charge in [0.25, 0.3) is 0 Å². The number of aromatic amines is 1. The van der Waals surface area contributed by atoms with Gasteiger partial charge in [-0.05, 0) is 43.9 Å². The normalized spacial score (nSPS) is 13.8. The number of anilines is 2. The summed E-state index contributed by atoms with van der Waals surface area (Å²) < 4.78 is 2.10. The number of fused-ring (bicyclic) bond motifs is 1. The van der Waals surface area contributed by atoms with E-state index in [1.165, 1.54) is 0 Å². The van der Waals surface area contributed by atoms with Crippen LogP contribution >= 0.6 is 11.6 Å². The Bertz CT molecular complexity index is 1080. The maximum atomic E-state index is 9.86. The molecule has 8 heteroatoms. The highest BCUT2D eigenvalue weighted by Gasteiger charge is 2.21. The fourth-order valence-electron chi connectivity index (χ4n) is 3.39. The number of rotatable bonds is 7. The molecule has 2 aromatic heterocycles. The molecule has 0 aliphatic heterocycles. The molecule has 0 aliphatic carbocycles. The number of aromatic nitrogens is 4. The Hall–Kier alpha value is -2.38. The van der Waals surface area contributed by atoms with Crippen molar-refractivity contribution < 1.29 is 5.11 Å². The largest absolute Gasteiger partial charge is 0.394 e. The maximum Gasteiger partial charge on any atom is 0.228 e. The number of nitrogens with one attached hydrogen (secondary N) is 2. The first-order valence-corrected chi connectivity index (χ1v) is 10.8. The number of aliphatic hydroxyl groups excluding tert-OH is 1. The third-order valence-electron chi connectivity index (χ3n) is 5.08. The zero-order chi connectivity index (χ0) is 22.0. The molecule has 0 bridgehead atoms. The molecule has 162 valence electrons. The minimum atomic E-state index is -0.242. The molecular formula is C22H31ClN6O. The quantitative estimate of drug-likeness (QED) is 0.503. The van der Waals surface area contributed by atoms with Gasteiger partial charge in [-0.25, -0.2) is 4.99 Å². The summed E-state index contributed by atoms with van der Waals surface area (Å²) in [7, 11) is 0. The molecule has 3 N–H and O–H groups in total. The van der Waals surface area contributed by atoms with E-state index >= 15 is 0 Å². The van der Waals surface area contributed by atoms with Crippen molar-refractivity contribution in [3.05, 3.63) is 40.6 Å². The van der Waals surface area contributed by atoms with Crippen molar-refractivity contribution >= 4 is 34.1 Å². The average molecular weight is 431 g/mol. The first-order valence-electron chi connectivity index (χ1n) is 10.4. The van der Waals surface area contributed by atoms with E-state index in [0.717, 1.165) is 22.4 Å². The Labute approximate surface area is 182 Å². The van der Waals surface area contributed by atoms with Crippen LogP contribution in [0.1, 0.15) is 59.2 Å². The van der Waals surface area contributed by atoms with E-state index in [2.05, 4.69) is 47.8 Å². The fourth-order valence-corrected chi connectivity index (χ4v) is 3.58. The summed E-state index contributed by atoms with van der Waals surface area (Å²) in [5, 5.41) is 21.6. The summed E-state index contributed by atoms with van der Waals surface area (Å²) in [6, 6.07) is 7.36. The Morgan fingerprint density at radius 1 is 1.20 bits per heavy atom. The summed E-state index contributed by atoms with van der Waals surface area (Å²) in [5.74, 6) is 1.03. The monoisotopic (exact) mass is 430 g/mol. The number of aliphatic hydroxyl groups is 1. The van der Waals surface area contributed by atoms with E-state index in [4.69, 9.17) is 21.6 Å². The van der Waals surface area contributed by atoms with Gasteiger partial charge in [-0.1, -0.05) is 45.4 Å². The van der Waals surface area contributed by atoms with Crippen LogP contribution in [0.4, 0.5) is 11.5 Å². The number of halogens is 1. The van der Waals surface area contributed by atoms with Gasteiger partial charge in [-0.3, -0.25) is 5.10 Å². The zero-order valence-corrected chi connectivity index (χ0v) is 19.2. The summed E-state index contributed by atoms with van der Waals surface area (Å²) in [4.78, 5) is 9.68. The molecule has 1 atom stereocenters. The maximum absolute atomic E-state index is 9.86. The van der Waals surface area contributed by atoms with Crippen molar-refractivity contribution in [3.63, 3.8) is 0 Å². The summed E-state index contributed by atoms with van der Waals surface area (Å²) >= 11 is 6.16. The van der Waals surface area contributed by atoms with Crippen molar-refractivity contribution in [2.45, 2.75) is 59.5 Å². The minimum Gasteiger partial charge on any atom is -0.394 e. The van der Waals surface area contributed by atoms with Gasteiger partial charge in [0, 0.05) is 16.8 Å². The van der Waals surface area contributed by atoms with E-state index in [9.17, 15) is 5.11 Å². The molecule has 0 spiro atoms. The van der Waals surface area contributed by atoms with Gasteiger partial charge >= 0.3 is 0 Å². The van der Waals surface area contributed by atoms with Crippen LogP contribution in [0.15, 0.2) is 29.3 Å². The Morgan fingerprint density at radius 2 is 1.93 bits per heavy atom. The Morgan fingerprint density at radius 3 is 2.50 bits per heavy atom. The lowest BCUT2D eigenvalue weighted by Crippen LogP contribution is -2.32. The molecule has 30 heavy (non-hydrogen) atoms. The highest BCUT2D eigenvalue weighted by atomic mass is 35.5. The summed E-state index contributed by atoms with van der Waals surface area (Å²) in [6.45, 7) is 12.5. The van der Waals surface area contributed by atoms with Crippen LogP contribution in [0.2, 0.25) is 5.02 Å². The predicted octanol–water partition coefficient (Wildman–Crippen LogP) is 4.78. The minimum absolute atomic E-state index is 0.0328.